The number of anilines is 1. The van der Waals surface area contributed by atoms with E-state index in [-0.39, 0.29) is 35.4 Å². The first-order chi connectivity index (χ1) is 20.7. The number of hydrogen-bond acceptors (Lipinski definition) is 6. The molecule has 0 aromatic heterocycles. The van der Waals surface area contributed by atoms with Crippen molar-refractivity contribution in [2.24, 2.45) is 4.99 Å². The number of aliphatic imine (C=N–C) groups is 1. The topological polar surface area (TPSA) is 108 Å². The third-order valence-corrected chi connectivity index (χ3v) is 7.45. The fourth-order valence-electron chi connectivity index (χ4n) is 4.03. The molecule has 0 atom stereocenters. The number of amides is 2. The molecule has 1 fully saturated rings. The summed E-state index contributed by atoms with van der Waals surface area (Å²) >= 11 is 7.64. The maximum absolute atomic E-state index is 13.5. The van der Waals surface area contributed by atoms with E-state index in [4.69, 9.17) is 16.3 Å². The quantitative estimate of drug-likeness (QED) is 0.196. The number of carbonyl (C=O) groups is 3. The minimum Gasteiger partial charge on any atom is -0.482 e. The Morgan fingerprint density at radius 1 is 1.00 bits per heavy atom. The second-order valence-electron chi connectivity index (χ2n) is 9.27. The van der Waals surface area contributed by atoms with Crippen molar-refractivity contribution in [3.8, 4) is 5.75 Å². The normalized spacial score (nSPS) is 14.7. The molecule has 2 amide bonds. The van der Waals surface area contributed by atoms with E-state index in [1.54, 1.807) is 36.4 Å². The molecule has 5 rings (SSSR count). The highest BCUT2D eigenvalue weighted by molar-refractivity contribution is 8.18. The van der Waals surface area contributed by atoms with Gasteiger partial charge in [0.05, 0.1) is 27.7 Å². The van der Waals surface area contributed by atoms with E-state index in [0.29, 0.717) is 27.0 Å². The zero-order valence-electron chi connectivity index (χ0n) is 22.4. The maximum atomic E-state index is 13.5. The summed E-state index contributed by atoms with van der Waals surface area (Å²) in [4.78, 5) is 43.6. The molecule has 43 heavy (non-hydrogen) atoms. The molecule has 1 heterocycles. The average Bonchev–Trinajstić information content (AvgIpc) is 3.27. The molecule has 8 nitrogen and oxygen atoms in total. The highest BCUT2D eigenvalue weighted by Crippen LogP contribution is 2.36. The third kappa shape index (κ3) is 7.68. The van der Waals surface area contributed by atoms with E-state index < -0.39 is 17.7 Å². The van der Waals surface area contributed by atoms with Crippen molar-refractivity contribution in [1.29, 1.82) is 0 Å². The van der Waals surface area contributed by atoms with E-state index >= 15 is 0 Å². The highest BCUT2D eigenvalue weighted by atomic mass is 35.5. The molecule has 0 saturated carbocycles. The number of thioether (sulfide) groups is 1. The summed E-state index contributed by atoms with van der Waals surface area (Å²) in [6.07, 6.45) is 1.69. The summed E-state index contributed by atoms with van der Waals surface area (Å²) in [6, 6.07) is 25.9. The van der Waals surface area contributed by atoms with Crippen LogP contribution in [0.1, 0.15) is 21.5 Å². The number of nitrogens with zero attached hydrogens (tertiary/aromatic N) is 2. The van der Waals surface area contributed by atoms with Gasteiger partial charge in [0.25, 0.3) is 11.8 Å². The summed E-state index contributed by atoms with van der Waals surface area (Å²) in [5, 5.41) is 12.5. The van der Waals surface area contributed by atoms with Crippen LogP contribution in [0.2, 0.25) is 5.02 Å². The van der Waals surface area contributed by atoms with Gasteiger partial charge in [-0.1, -0.05) is 48.0 Å². The van der Waals surface area contributed by atoms with Gasteiger partial charge in [-0.2, -0.15) is 0 Å². The van der Waals surface area contributed by atoms with Crippen LogP contribution in [0.4, 0.5) is 15.8 Å². The number of amidine groups is 1. The van der Waals surface area contributed by atoms with Gasteiger partial charge in [-0.05, 0) is 89.6 Å². The fraction of sp³-hybridized carbons (Fsp3) is 0.0625. The van der Waals surface area contributed by atoms with E-state index in [0.717, 1.165) is 5.56 Å². The van der Waals surface area contributed by atoms with Gasteiger partial charge >= 0.3 is 5.97 Å². The molecule has 2 N–H and O–H groups in total. The van der Waals surface area contributed by atoms with E-state index in [1.807, 2.05) is 30.3 Å². The van der Waals surface area contributed by atoms with Gasteiger partial charge in [0.15, 0.2) is 11.8 Å². The molecular formula is C32H23ClFN3O5S. The molecule has 0 radical (unpaired) electrons. The van der Waals surface area contributed by atoms with Gasteiger partial charge in [0.1, 0.15) is 11.6 Å². The number of carboxylic acids is 1. The highest BCUT2D eigenvalue weighted by Gasteiger charge is 2.33. The van der Waals surface area contributed by atoms with Gasteiger partial charge in [-0.15, -0.1) is 0 Å². The zero-order chi connectivity index (χ0) is 30.3. The lowest BCUT2D eigenvalue weighted by molar-refractivity contribution is -0.122. The first-order valence-electron chi connectivity index (χ1n) is 12.9. The van der Waals surface area contributed by atoms with Gasteiger partial charge in [-0.3, -0.25) is 14.5 Å². The van der Waals surface area contributed by atoms with Crippen molar-refractivity contribution >= 4 is 63.8 Å². The van der Waals surface area contributed by atoms with Crippen molar-refractivity contribution in [2.75, 3.05) is 11.9 Å². The first-order valence-corrected chi connectivity index (χ1v) is 14.1. The summed E-state index contributed by atoms with van der Waals surface area (Å²) in [5.41, 5.74) is 2.65. The number of halogens is 2. The number of nitrogens with one attached hydrogen (secondary N) is 1. The van der Waals surface area contributed by atoms with Crippen LogP contribution in [-0.2, 0) is 16.1 Å². The molecule has 11 heteroatoms. The number of para-hydroxylation sites is 1. The second kappa shape index (κ2) is 13.4. The van der Waals surface area contributed by atoms with Crippen LogP contribution in [0.15, 0.2) is 107 Å². The van der Waals surface area contributed by atoms with Crippen LogP contribution < -0.4 is 10.1 Å². The number of hydrogen-bond donors (Lipinski definition) is 2. The molecule has 0 spiro atoms. The van der Waals surface area contributed by atoms with Crippen LogP contribution >= 0.6 is 23.4 Å². The van der Waals surface area contributed by atoms with Crippen LogP contribution in [0.25, 0.3) is 6.08 Å². The summed E-state index contributed by atoms with van der Waals surface area (Å²) < 4.78 is 18.6. The predicted octanol–water partition coefficient (Wildman–Crippen LogP) is 7.00. The number of rotatable bonds is 9. The van der Waals surface area contributed by atoms with Crippen molar-refractivity contribution in [2.45, 2.75) is 6.54 Å². The Balaban J connectivity index is 1.31. The molecule has 0 aliphatic carbocycles. The summed E-state index contributed by atoms with van der Waals surface area (Å²) in [7, 11) is 0. The van der Waals surface area contributed by atoms with E-state index in [1.165, 1.54) is 53.1 Å². The number of ether oxygens (including phenoxy) is 1. The summed E-state index contributed by atoms with van der Waals surface area (Å²) in [5.74, 6) is -1.87. The van der Waals surface area contributed by atoms with Crippen LogP contribution in [0.3, 0.4) is 0 Å². The van der Waals surface area contributed by atoms with Gasteiger partial charge < -0.3 is 15.2 Å². The number of benzene rings is 4. The summed E-state index contributed by atoms with van der Waals surface area (Å²) in [6.45, 7) is -0.115. The molecule has 216 valence electrons. The lowest BCUT2D eigenvalue weighted by Gasteiger charge is -2.16. The van der Waals surface area contributed by atoms with Crippen molar-refractivity contribution in [1.82, 2.24) is 4.90 Å². The van der Waals surface area contributed by atoms with Gasteiger partial charge in [-0.25, -0.2) is 14.2 Å². The predicted molar refractivity (Wildman–Crippen MR) is 165 cm³/mol. The van der Waals surface area contributed by atoms with Crippen LogP contribution in [0.5, 0.6) is 5.75 Å². The molecule has 1 aliphatic heterocycles. The van der Waals surface area contributed by atoms with E-state index in [2.05, 4.69) is 10.3 Å². The van der Waals surface area contributed by atoms with Crippen LogP contribution in [0, 0.1) is 5.82 Å². The largest absolute Gasteiger partial charge is 0.482 e. The molecular weight excluding hydrogens is 593 g/mol. The monoisotopic (exact) mass is 615 g/mol. The Morgan fingerprint density at radius 3 is 2.40 bits per heavy atom. The lowest BCUT2D eigenvalue weighted by Crippen LogP contribution is -2.28. The average molecular weight is 616 g/mol. The number of carbonyl (C=O) groups excluding carboxylic acids is 2. The number of carboxylic acid groups (broad SMARTS) is 1. The Kier molecular flexibility index (Phi) is 9.19. The van der Waals surface area contributed by atoms with Crippen molar-refractivity contribution in [3.05, 3.63) is 129 Å². The smallest absolute Gasteiger partial charge is 0.335 e. The van der Waals surface area contributed by atoms with Crippen molar-refractivity contribution < 1.29 is 28.6 Å². The number of aromatic carboxylic acids is 1. The molecule has 4 aromatic rings. The van der Waals surface area contributed by atoms with Crippen molar-refractivity contribution in [3.63, 3.8) is 0 Å². The fourth-order valence-corrected chi connectivity index (χ4v) is 5.27. The van der Waals surface area contributed by atoms with E-state index in [9.17, 15) is 23.9 Å². The molecule has 0 unspecified atom stereocenters. The second-order valence-corrected chi connectivity index (χ2v) is 10.7. The van der Waals surface area contributed by atoms with Crippen LogP contribution in [-0.4, -0.2) is 39.6 Å². The van der Waals surface area contributed by atoms with Gasteiger partial charge in [0, 0.05) is 5.69 Å². The lowest BCUT2D eigenvalue weighted by atomic mass is 10.1. The Labute approximate surface area is 255 Å². The Bertz CT molecular complexity index is 1730. The first kappa shape index (κ1) is 29.6. The zero-order valence-corrected chi connectivity index (χ0v) is 23.9. The molecule has 1 saturated heterocycles. The SMILES string of the molecule is O=C(COc1ccc(/C=C2\SC(=Nc3ccccc3)N(Cc3ccc(C(=O)O)cc3)C2=O)cc1Cl)Nc1ccc(F)cc1. The third-order valence-electron chi connectivity index (χ3n) is 6.15. The minimum atomic E-state index is -1.03. The molecule has 4 aromatic carbocycles. The minimum absolute atomic E-state index is 0.155. The Hall–Kier alpha value is -4.93. The molecule has 0 bridgehead atoms. The Morgan fingerprint density at radius 2 is 1.72 bits per heavy atom. The maximum Gasteiger partial charge on any atom is 0.335 e. The standard InChI is InChI=1S/C32H23ClFN3O5S/c33-26-16-21(8-15-27(26)42-19-29(38)35-25-13-11-23(34)12-14-25)17-28-30(39)37(18-20-6-9-22(10-7-20)31(40)41)32(43-28)36-24-4-2-1-3-5-24/h1-17H,18-19H2,(H,35,38)(H,40,41)/b28-17-,36-32?. The van der Waals surface area contributed by atoms with Gasteiger partial charge in [0.2, 0.25) is 0 Å². The molecule has 1 aliphatic rings.